The first-order chi connectivity index (χ1) is 14.4. The average molecular weight is 400 g/mol. The molecule has 0 spiro atoms. The summed E-state index contributed by atoms with van der Waals surface area (Å²) < 4.78 is 0. The number of carbonyl (C=O) groups excluding carboxylic acids is 3. The first-order valence-electron chi connectivity index (χ1n) is 10.4. The third-order valence-corrected chi connectivity index (χ3v) is 6.89. The van der Waals surface area contributed by atoms with Crippen molar-refractivity contribution >= 4 is 29.4 Å². The quantitative estimate of drug-likeness (QED) is 0.739. The molecular weight excluding hydrogens is 376 g/mol. The van der Waals surface area contributed by atoms with Crippen LogP contribution in [0.15, 0.2) is 54.6 Å². The lowest BCUT2D eigenvalue weighted by Crippen LogP contribution is -2.51. The molecule has 5 heteroatoms. The van der Waals surface area contributed by atoms with E-state index in [-0.39, 0.29) is 30.2 Å². The van der Waals surface area contributed by atoms with Crippen LogP contribution < -0.4 is 4.90 Å². The highest BCUT2D eigenvalue weighted by Crippen LogP contribution is 2.52. The van der Waals surface area contributed by atoms with E-state index in [9.17, 15) is 14.4 Å². The normalized spacial score (nSPS) is 26.7. The zero-order valence-electron chi connectivity index (χ0n) is 17.2. The Kier molecular flexibility index (Phi) is 4.17. The van der Waals surface area contributed by atoms with Crippen molar-refractivity contribution in [2.75, 3.05) is 18.5 Å². The van der Waals surface area contributed by atoms with Gasteiger partial charge in [0.05, 0.1) is 11.5 Å². The maximum atomic E-state index is 13.2. The van der Waals surface area contributed by atoms with E-state index in [1.54, 1.807) is 4.90 Å². The fourth-order valence-electron chi connectivity index (χ4n) is 5.39. The highest BCUT2D eigenvalue weighted by molar-refractivity contribution is 6.08. The molecule has 2 aliphatic heterocycles. The molecule has 1 aliphatic carbocycles. The van der Waals surface area contributed by atoms with E-state index >= 15 is 0 Å². The van der Waals surface area contributed by atoms with Crippen molar-refractivity contribution in [3.05, 3.63) is 71.3 Å². The van der Waals surface area contributed by atoms with Gasteiger partial charge in [0.15, 0.2) is 0 Å². The summed E-state index contributed by atoms with van der Waals surface area (Å²) in [7, 11) is 1.83. The Bertz CT molecular complexity index is 1090. The van der Waals surface area contributed by atoms with E-state index in [1.807, 2.05) is 67.4 Å². The first-order valence-corrected chi connectivity index (χ1v) is 10.4. The molecule has 0 fully saturated rings. The fourth-order valence-corrected chi connectivity index (χ4v) is 5.39. The summed E-state index contributed by atoms with van der Waals surface area (Å²) in [5.74, 6) is 0.181. The Morgan fingerprint density at radius 3 is 2.67 bits per heavy atom. The van der Waals surface area contributed by atoms with E-state index in [4.69, 9.17) is 0 Å². The van der Waals surface area contributed by atoms with Gasteiger partial charge in [-0.1, -0.05) is 36.4 Å². The van der Waals surface area contributed by atoms with Gasteiger partial charge in [-0.15, -0.1) is 0 Å². The summed E-state index contributed by atoms with van der Waals surface area (Å²) in [6, 6.07) is 15.4. The maximum Gasteiger partial charge on any atom is 0.258 e. The van der Waals surface area contributed by atoms with E-state index in [0.717, 1.165) is 29.5 Å². The Labute approximate surface area is 176 Å². The lowest BCUT2D eigenvalue weighted by Gasteiger charge is -2.45. The van der Waals surface area contributed by atoms with E-state index < -0.39 is 5.41 Å². The van der Waals surface area contributed by atoms with Crippen molar-refractivity contribution in [3.8, 4) is 0 Å². The van der Waals surface area contributed by atoms with Crippen LogP contribution in [0.3, 0.4) is 0 Å². The molecule has 0 aromatic heterocycles. The molecule has 0 saturated heterocycles. The second-order valence-corrected chi connectivity index (χ2v) is 8.77. The third kappa shape index (κ3) is 2.58. The molecule has 5 nitrogen and oxygen atoms in total. The van der Waals surface area contributed by atoms with Crippen LogP contribution in [0.5, 0.6) is 0 Å². The van der Waals surface area contributed by atoms with Crippen molar-refractivity contribution in [1.29, 1.82) is 0 Å². The number of hydrogen-bond acceptors (Lipinski definition) is 3. The smallest absolute Gasteiger partial charge is 0.258 e. The SMILES string of the molecule is CN1C(=O)[C@](C)(CC=O)C=C2c3cccc4c3[C@H](C[C@@H]21)CN4C(=O)c1ccccc1. The lowest BCUT2D eigenvalue weighted by atomic mass is 9.70. The Hall–Kier alpha value is -3.21. The molecule has 0 N–H and O–H groups in total. The zero-order chi connectivity index (χ0) is 21.0. The molecule has 30 heavy (non-hydrogen) atoms. The maximum absolute atomic E-state index is 13.2. The molecule has 5 rings (SSSR count). The molecule has 0 saturated carbocycles. The summed E-state index contributed by atoms with van der Waals surface area (Å²) in [5.41, 5.74) is 4.21. The van der Waals surface area contributed by atoms with Crippen LogP contribution in [0.2, 0.25) is 0 Å². The minimum Gasteiger partial charge on any atom is -0.338 e. The summed E-state index contributed by atoms with van der Waals surface area (Å²) >= 11 is 0. The van der Waals surface area contributed by atoms with Gasteiger partial charge in [0.2, 0.25) is 5.91 Å². The number of likely N-dealkylation sites (N-methyl/N-ethyl adjacent to an activating group) is 1. The van der Waals surface area contributed by atoms with Gasteiger partial charge in [0.1, 0.15) is 6.29 Å². The van der Waals surface area contributed by atoms with Gasteiger partial charge in [-0.25, -0.2) is 0 Å². The van der Waals surface area contributed by atoms with Crippen LogP contribution in [0, 0.1) is 5.41 Å². The molecule has 152 valence electrons. The number of rotatable bonds is 3. The summed E-state index contributed by atoms with van der Waals surface area (Å²) in [4.78, 5) is 41.2. The molecule has 0 radical (unpaired) electrons. The molecule has 0 bridgehead atoms. The lowest BCUT2D eigenvalue weighted by molar-refractivity contribution is -0.141. The number of fused-ring (bicyclic) bond motifs is 2. The van der Waals surface area contributed by atoms with Crippen molar-refractivity contribution in [3.63, 3.8) is 0 Å². The Morgan fingerprint density at radius 1 is 1.17 bits per heavy atom. The largest absolute Gasteiger partial charge is 0.338 e. The molecule has 3 atom stereocenters. The van der Waals surface area contributed by atoms with E-state index in [1.165, 1.54) is 5.56 Å². The Morgan fingerprint density at radius 2 is 1.93 bits per heavy atom. The van der Waals surface area contributed by atoms with Gasteiger partial charge in [0.25, 0.3) is 5.91 Å². The van der Waals surface area contributed by atoms with Crippen LogP contribution in [0.25, 0.3) is 5.57 Å². The minimum absolute atomic E-state index is 0.00516. The first kappa shape index (κ1) is 18.8. The van der Waals surface area contributed by atoms with Gasteiger partial charge in [0, 0.05) is 37.2 Å². The van der Waals surface area contributed by atoms with Crippen molar-refractivity contribution in [2.45, 2.75) is 31.7 Å². The fraction of sp³-hybridized carbons (Fsp3) is 0.320. The highest BCUT2D eigenvalue weighted by Gasteiger charge is 2.48. The predicted octanol–water partition coefficient (Wildman–Crippen LogP) is 3.65. The topological polar surface area (TPSA) is 57.7 Å². The number of nitrogens with zero attached hydrogens (tertiary/aromatic N) is 2. The molecule has 0 unspecified atom stereocenters. The molecule has 2 aromatic rings. The van der Waals surface area contributed by atoms with Gasteiger partial charge in [-0.05, 0) is 48.2 Å². The molecule has 2 heterocycles. The second-order valence-electron chi connectivity index (χ2n) is 8.77. The minimum atomic E-state index is -0.823. The highest BCUT2D eigenvalue weighted by atomic mass is 16.2. The van der Waals surface area contributed by atoms with Gasteiger partial charge in [-0.3, -0.25) is 9.59 Å². The molecule has 2 amide bonds. The number of carbonyl (C=O) groups is 3. The van der Waals surface area contributed by atoms with Gasteiger partial charge >= 0.3 is 0 Å². The third-order valence-electron chi connectivity index (χ3n) is 6.89. The number of hydrogen-bond donors (Lipinski definition) is 0. The number of benzene rings is 2. The predicted molar refractivity (Wildman–Crippen MR) is 115 cm³/mol. The van der Waals surface area contributed by atoms with Crippen molar-refractivity contribution in [2.24, 2.45) is 5.41 Å². The molecular formula is C25H24N2O3. The second kappa shape index (κ2) is 6.66. The number of amides is 2. The van der Waals surface area contributed by atoms with Crippen LogP contribution in [0.4, 0.5) is 5.69 Å². The van der Waals surface area contributed by atoms with Crippen LogP contribution in [-0.2, 0) is 9.59 Å². The van der Waals surface area contributed by atoms with Gasteiger partial charge in [-0.2, -0.15) is 0 Å². The van der Waals surface area contributed by atoms with E-state index in [0.29, 0.717) is 12.1 Å². The van der Waals surface area contributed by atoms with Crippen molar-refractivity contribution in [1.82, 2.24) is 4.90 Å². The molecule has 3 aliphatic rings. The zero-order valence-corrected chi connectivity index (χ0v) is 17.2. The summed E-state index contributed by atoms with van der Waals surface area (Å²) in [6.07, 6.45) is 3.78. The Balaban J connectivity index is 1.62. The van der Waals surface area contributed by atoms with Crippen LogP contribution >= 0.6 is 0 Å². The average Bonchev–Trinajstić information content (AvgIpc) is 3.13. The summed E-state index contributed by atoms with van der Waals surface area (Å²) in [5, 5.41) is 0. The number of aldehydes is 1. The van der Waals surface area contributed by atoms with Crippen LogP contribution in [-0.4, -0.2) is 42.6 Å². The standard InChI is InChI=1S/C25H24N2O3/c1-25(11-12-28)14-19-18-9-6-10-20-22(18)17(13-21(19)26(2)24(25)30)15-27(20)23(29)16-7-4-3-5-8-16/h3-10,12,14,17,21H,11,13,15H2,1-2H3/t17-,21+,25-/m1/s1. The van der Waals surface area contributed by atoms with E-state index in [2.05, 4.69) is 6.07 Å². The summed E-state index contributed by atoms with van der Waals surface area (Å²) in [6.45, 7) is 2.46. The van der Waals surface area contributed by atoms with Gasteiger partial charge < -0.3 is 14.6 Å². The van der Waals surface area contributed by atoms with Crippen LogP contribution in [0.1, 0.15) is 47.2 Å². The monoisotopic (exact) mass is 400 g/mol. The molecule has 2 aromatic carbocycles. The van der Waals surface area contributed by atoms with Crippen molar-refractivity contribution < 1.29 is 14.4 Å². The number of anilines is 1.